The van der Waals surface area contributed by atoms with Gasteiger partial charge in [-0.2, -0.15) is 0 Å². The van der Waals surface area contributed by atoms with Crippen molar-refractivity contribution in [3.8, 4) is 0 Å². The van der Waals surface area contributed by atoms with E-state index >= 15 is 0 Å². The summed E-state index contributed by atoms with van der Waals surface area (Å²) in [5.74, 6) is -0.155. The summed E-state index contributed by atoms with van der Waals surface area (Å²) in [5.41, 5.74) is 2.74. The lowest BCUT2D eigenvalue weighted by Gasteiger charge is -2.31. The Kier molecular flexibility index (Phi) is 4.72. The van der Waals surface area contributed by atoms with Crippen LogP contribution < -0.4 is 5.32 Å². The van der Waals surface area contributed by atoms with Crippen LogP contribution in [-0.4, -0.2) is 36.1 Å². The zero-order chi connectivity index (χ0) is 17.1. The summed E-state index contributed by atoms with van der Waals surface area (Å²) in [6.07, 6.45) is 2.96. The van der Waals surface area contributed by atoms with E-state index in [-0.39, 0.29) is 11.9 Å². The number of hydrogen-bond donors (Lipinski definition) is 1. The molecule has 1 N–H and O–H groups in total. The lowest BCUT2D eigenvalue weighted by molar-refractivity contribution is 0.236. The van der Waals surface area contributed by atoms with Crippen molar-refractivity contribution < 1.29 is 4.39 Å². The third-order valence-electron chi connectivity index (χ3n) is 4.87. The van der Waals surface area contributed by atoms with Crippen LogP contribution in [0.5, 0.6) is 0 Å². The second-order valence-electron chi connectivity index (χ2n) is 6.52. The Labute approximate surface area is 147 Å². The fourth-order valence-electron chi connectivity index (χ4n) is 3.65. The van der Waals surface area contributed by atoms with E-state index in [1.165, 1.54) is 0 Å². The minimum atomic E-state index is -0.155. The molecule has 0 saturated carbocycles. The predicted molar refractivity (Wildman–Crippen MR) is 99.0 cm³/mol. The largest absolute Gasteiger partial charge is 0.315 e. The minimum Gasteiger partial charge on any atom is -0.315 e. The van der Waals surface area contributed by atoms with E-state index in [4.69, 9.17) is 0 Å². The molecule has 1 saturated heterocycles. The summed E-state index contributed by atoms with van der Waals surface area (Å²) >= 11 is 0. The van der Waals surface area contributed by atoms with Gasteiger partial charge in [-0.25, -0.2) is 4.39 Å². The zero-order valence-electron chi connectivity index (χ0n) is 14.2. The summed E-state index contributed by atoms with van der Waals surface area (Å²) < 4.78 is 14.6. The molecule has 1 fully saturated rings. The Morgan fingerprint density at radius 3 is 2.76 bits per heavy atom. The molecule has 128 valence electrons. The molecule has 0 radical (unpaired) electrons. The van der Waals surface area contributed by atoms with E-state index in [2.05, 4.69) is 27.3 Å². The van der Waals surface area contributed by atoms with Gasteiger partial charge in [0.25, 0.3) is 0 Å². The Bertz CT molecular complexity index is 856. The second-order valence-corrected chi connectivity index (χ2v) is 6.52. The summed E-state index contributed by atoms with van der Waals surface area (Å²) in [6, 6.07) is 17.2. The number of rotatable bonds is 3. The van der Waals surface area contributed by atoms with Gasteiger partial charge in [-0.05, 0) is 36.7 Å². The highest BCUT2D eigenvalue weighted by atomic mass is 19.1. The number of pyridine rings is 1. The predicted octanol–water partition coefficient (Wildman–Crippen LogP) is 3.76. The van der Waals surface area contributed by atoms with Crippen LogP contribution in [0.4, 0.5) is 4.39 Å². The van der Waals surface area contributed by atoms with Crippen molar-refractivity contribution in [2.75, 3.05) is 26.2 Å². The second kappa shape index (κ2) is 7.30. The van der Waals surface area contributed by atoms with Gasteiger partial charge >= 0.3 is 0 Å². The first-order chi connectivity index (χ1) is 12.3. The summed E-state index contributed by atoms with van der Waals surface area (Å²) in [6.45, 7) is 3.77. The highest BCUT2D eigenvalue weighted by Crippen LogP contribution is 2.31. The summed E-state index contributed by atoms with van der Waals surface area (Å²) in [5, 5.41) is 4.52. The van der Waals surface area contributed by atoms with Crippen LogP contribution in [0, 0.1) is 5.82 Å². The average Bonchev–Trinajstić information content (AvgIpc) is 2.93. The number of halogens is 1. The number of nitrogens with zero attached hydrogens (tertiary/aromatic N) is 2. The first-order valence-corrected chi connectivity index (χ1v) is 8.87. The smallest absolute Gasteiger partial charge is 0.128 e. The van der Waals surface area contributed by atoms with Gasteiger partial charge in [-0.1, -0.05) is 36.4 Å². The van der Waals surface area contributed by atoms with E-state index in [1.54, 1.807) is 12.1 Å². The van der Waals surface area contributed by atoms with E-state index < -0.39 is 0 Å². The molecule has 0 aliphatic carbocycles. The fourth-order valence-corrected chi connectivity index (χ4v) is 3.65. The Morgan fingerprint density at radius 1 is 1.00 bits per heavy atom. The standard InChI is InChI=1S/C21H22FN3/c22-19-8-3-2-7-18(19)21(25-12-5-10-23-11-13-25)17-14-16-6-1-4-9-20(16)24-15-17/h1-4,6-9,14-15,21,23H,5,10-13H2. The SMILES string of the molecule is Fc1ccccc1C(c1cnc2ccccc2c1)N1CCCNCC1. The molecule has 3 aromatic rings. The van der Waals surface area contributed by atoms with E-state index in [9.17, 15) is 4.39 Å². The topological polar surface area (TPSA) is 28.2 Å². The number of hydrogen-bond acceptors (Lipinski definition) is 3. The third kappa shape index (κ3) is 3.41. The van der Waals surface area contributed by atoms with Gasteiger partial charge in [-0.3, -0.25) is 9.88 Å². The number of nitrogens with one attached hydrogen (secondary N) is 1. The summed E-state index contributed by atoms with van der Waals surface area (Å²) in [7, 11) is 0. The van der Waals surface area contributed by atoms with Crippen molar-refractivity contribution in [2.45, 2.75) is 12.5 Å². The van der Waals surface area contributed by atoms with Gasteiger partial charge < -0.3 is 5.32 Å². The molecule has 25 heavy (non-hydrogen) atoms. The molecular weight excluding hydrogens is 313 g/mol. The third-order valence-corrected chi connectivity index (χ3v) is 4.87. The maximum atomic E-state index is 14.6. The Morgan fingerprint density at radius 2 is 1.84 bits per heavy atom. The van der Waals surface area contributed by atoms with Crippen molar-refractivity contribution in [2.24, 2.45) is 0 Å². The maximum absolute atomic E-state index is 14.6. The Hall–Kier alpha value is -2.30. The molecule has 2 aromatic carbocycles. The highest BCUT2D eigenvalue weighted by Gasteiger charge is 2.26. The zero-order valence-corrected chi connectivity index (χ0v) is 14.2. The van der Waals surface area contributed by atoms with Crippen LogP contribution in [-0.2, 0) is 0 Å². The van der Waals surface area contributed by atoms with Gasteiger partial charge in [0.1, 0.15) is 5.82 Å². The molecule has 0 amide bonds. The number of para-hydroxylation sites is 1. The normalized spacial score (nSPS) is 17.3. The molecule has 0 spiro atoms. The first-order valence-electron chi connectivity index (χ1n) is 8.87. The van der Waals surface area contributed by atoms with Crippen LogP contribution >= 0.6 is 0 Å². The van der Waals surface area contributed by atoms with Crippen molar-refractivity contribution in [3.05, 3.63) is 77.7 Å². The molecular formula is C21H22FN3. The number of aromatic nitrogens is 1. The molecule has 2 heterocycles. The van der Waals surface area contributed by atoms with Gasteiger partial charge in [0, 0.05) is 36.8 Å². The molecule has 1 aliphatic heterocycles. The molecule has 0 bridgehead atoms. The average molecular weight is 335 g/mol. The van der Waals surface area contributed by atoms with Gasteiger partial charge in [0.15, 0.2) is 0 Å². The number of benzene rings is 2. The van der Waals surface area contributed by atoms with Crippen LogP contribution in [0.1, 0.15) is 23.6 Å². The molecule has 1 unspecified atom stereocenters. The van der Waals surface area contributed by atoms with Crippen molar-refractivity contribution in [1.29, 1.82) is 0 Å². The van der Waals surface area contributed by atoms with Crippen molar-refractivity contribution in [3.63, 3.8) is 0 Å². The van der Waals surface area contributed by atoms with Crippen molar-refractivity contribution in [1.82, 2.24) is 15.2 Å². The maximum Gasteiger partial charge on any atom is 0.128 e. The number of fused-ring (bicyclic) bond motifs is 1. The van der Waals surface area contributed by atoms with Crippen LogP contribution in [0.3, 0.4) is 0 Å². The molecule has 1 aromatic heterocycles. The molecule has 1 atom stereocenters. The van der Waals surface area contributed by atoms with Gasteiger partial charge in [-0.15, -0.1) is 0 Å². The molecule has 4 heteroatoms. The molecule has 1 aliphatic rings. The van der Waals surface area contributed by atoms with Crippen LogP contribution in [0.25, 0.3) is 10.9 Å². The fraction of sp³-hybridized carbons (Fsp3) is 0.286. The Balaban J connectivity index is 1.81. The van der Waals surface area contributed by atoms with Gasteiger partial charge in [0.2, 0.25) is 0 Å². The van der Waals surface area contributed by atoms with Gasteiger partial charge in [0.05, 0.1) is 11.6 Å². The summed E-state index contributed by atoms with van der Waals surface area (Å²) in [4.78, 5) is 6.98. The quantitative estimate of drug-likeness (QED) is 0.790. The lowest BCUT2D eigenvalue weighted by atomic mass is 9.96. The molecule has 4 rings (SSSR count). The van der Waals surface area contributed by atoms with Crippen molar-refractivity contribution >= 4 is 10.9 Å². The van der Waals surface area contributed by atoms with E-state index in [0.29, 0.717) is 0 Å². The monoisotopic (exact) mass is 335 g/mol. The van der Waals surface area contributed by atoms with Crippen LogP contribution in [0.15, 0.2) is 60.8 Å². The molecule has 3 nitrogen and oxygen atoms in total. The van der Waals surface area contributed by atoms with E-state index in [0.717, 1.165) is 54.6 Å². The lowest BCUT2D eigenvalue weighted by Crippen LogP contribution is -2.33. The minimum absolute atomic E-state index is 0.113. The van der Waals surface area contributed by atoms with Crippen LogP contribution in [0.2, 0.25) is 0 Å². The first kappa shape index (κ1) is 16.2. The highest BCUT2D eigenvalue weighted by molar-refractivity contribution is 5.79. The van der Waals surface area contributed by atoms with E-state index in [1.807, 2.05) is 36.5 Å².